The van der Waals surface area contributed by atoms with Gasteiger partial charge in [0.05, 0.1) is 7.11 Å². The molecule has 0 aliphatic carbocycles. The molecule has 0 unspecified atom stereocenters. The maximum absolute atomic E-state index is 10.9. The minimum atomic E-state index is -0.703. The van der Waals surface area contributed by atoms with E-state index in [4.69, 9.17) is 11.6 Å². The number of esters is 1. The molecule has 0 fully saturated rings. The lowest BCUT2D eigenvalue weighted by Gasteiger charge is -1.98. The second kappa shape index (κ2) is 4.00. The smallest absolute Gasteiger partial charge is 0.356 e. The zero-order valence-electron chi connectivity index (χ0n) is 6.78. The van der Waals surface area contributed by atoms with E-state index in [2.05, 4.69) is 9.72 Å². The minimum absolute atomic E-state index is 0.0320. The molecule has 1 heterocycles. The Bertz CT molecular complexity index is 351. The molecule has 1 aromatic heterocycles. The molecular weight excluding hydrogens is 194 g/mol. The van der Waals surface area contributed by atoms with Crippen molar-refractivity contribution in [1.82, 2.24) is 4.98 Å². The number of carbonyl (C=O) groups is 2. The summed E-state index contributed by atoms with van der Waals surface area (Å²) in [4.78, 5) is 25.3. The largest absolute Gasteiger partial charge is 0.464 e. The summed E-state index contributed by atoms with van der Waals surface area (Å²) in [7, 11) is 1.24. The van der Waals surface area contributed by atoms with Crippen molar-refractivity contribution < 1.29 is 14.3 Å². The van der Waals surface area contributed by atoms with Crippen LogP contribution in [0.15, 0.2) is 18.2 Å². The summed E-state index contributed by atoms with van der Waals surface area (Å²) in [6, 6.07) is 4.37. The van der Waals surface area contributed by atoms with Crippen molar-refractivity contribution in [2.24, 2.45) is 0 Å². The number of rotatable bonds is 2. The van der Waals surface area contributed by atoms with Gasteiger partial charge in [-0.15, -0.1) is 0 Å². The number of methoxy groups -OCH3 is 1. The summed E-state index contributed by atoms with van der Waals surface area (Å²) in [5.41, 5.74) is 0.0959. The maximum Gasteiger partial charge on any atom is 0.356 e. The number of pyridine rings is 1. The highest BCUT2D eigenvalue weighted by molar-refractivity contribution is 6.67. The van der Waals surface area contributed by atoms with Crippen LogP contribution in [0.1, 0.15) is 21.0 Å². The van der Waals surface area contributed by atoms with Crippen molar-refractivity contribution in [3.05, 3.63) is 29.6 Å². The van der Waals surface area contributed by atoms with Crippen LogP contribution in [0.3, 0.4) is 0 Å². The van der Waals surface area contributed by atoms with E-state index in [1.807, 2.05) is 0 Å². The van der Waals surface area contributed by atoms with Crippen LogP contribution in [0.5, 0.6) is 0 Å². The van der Waals surface area contributed by atoms with Gasteiger partial charge in [0.2, 0.25) is 0 Å². The van der Waals surface area contributed by atoms with Gasteiger partial charge in [-0.2, -0.15) is 0 Å². The molecule has 1 aromatic rings. The molecule has 13 heavy (non-hydrogen) atoms. The first-order valence-corrected chi connectivity index (χ1v) is 3.78. The zero-order valence-corrected chi connectivity index (χ0v) is 7.54. The summed E-state index contributed by atoms with van der Waals surface area (Å²) in [6.07, 6.45) is 0. The Morgan fingerprint density at radius 1 is 1.38 bits per heavy atom. The predicted octanol–water partition coefficient (Wildman–Crippen LogP) is 1.25. The summed E-state index contributed by atoms with van der Waals surface area (Å²) >= 11 is 5.17. The first kappa shape index (κ1) is 9.67. The second-order valence-electron chi connectivity index (χ2n) is 2.17. The third-order valence-electron chi connectivity index (χ3n) is 1.35. The molecule has 1 rings (SSSR count). The first-order valence-electron chi connectivity index (χ1n) is 3.40. The highest BCUT2D eigenvalue weighted by Gasteiger charge is 2.09. The summed E-state index contributed by atoms with van der Waals surface area (Å²) in [5.74, 6) is -0.597. The molecule has 5 heteroatoms. The number of hydrogen-bond donors (Lipinski definition) is 0. The maximum atomic E-state index is 10.9. The number of nitrogens with zero attached hydrogens (tertiary/aromatic N) is 1. The van der Waals surface area contributed by atoms with Crippen LogP contribution in [0.2, 0.25) is 0 Å². The standard InChI is InChI=1S/C8H6ClNO3/c1-13-8(12)6-4-2-3-5(10-6)7(9)11/h2-4H,1H3. The molecule has 0 atom stereocenters. The molecule has 0 saturated carbocycles. The van der Waals surface area contributed by atoms with E-state index in [1.54, 1.807) is 0 Å². The Morgan fingerprint density at radius 2 is 2.00 bits per heavy atom. The van der Waals surface area contributed by atoms with E-state index in [1.165, 1.54) is 25.3 Å². The normalized spacial score (nSPS) is 9.38. The fraction of sp³-hybridized carbons (Fsp3) is 0.125. The van der Waals surface area contributed by atoms with E-state index in [9.17, 15) is 9.59 Å². The number of ether oxygens (including phenoxy) is 1. The van der Waals surface area contributed by atoms with Gasteiger partial charge in [0, 0.05) is 0 Å². The van der Waals surface area contributed by atoms with Gasteiger partial charge in [-0.3, -0.25) is 4.79 Å². The second-order valence-corrected chi connectivity index (χ2v) is 2.52. The molecule has 0 N–H and O–H groups in total. The highest BCUT2D eigenvalue weighted by atomic mass is 35.5. The van der Waals surface area contributed by atoms with Crippen LogP contribution in [-0.2, 0) is 4.74 Å². The Morgan fingerprint density at radius 3 is 2.54 bits per heavy atom. The lowest BCUT2D eigenvalue weighted by molar-refractivity contribution is 0.0594. The predicted molar refractivity (Wildman–Crippen MR) is 45.8 cm³/mol. The number of aromatic nitrogens is 1. The van der Waals surface area contributed by atoms with Gasteiger partial charge in [0.1, 0.15) is 11.4 Å². The molecule has 0 amide bonds. The van der Waals surface area contributed by atoms with Gasteiger partial charge in [0.15, 0.2) is 0 Å². The van der Waals surface area contributed by atoms with Crippen LogP contribution >= 0.6 is 11.6 Å². The number of hydrogen-bond acceptors (Lipinski definition) is 4. The Hall–Kier alpha value is -1.42. The molecule has 0 aliphatic heterocycles. The van der Waals surface area contributed by atoms with E-state index in [0.717, 1.165) is 0 Å². The molecule has 0 bridgehead atoms. The SMILES string of the molecule is COC(=O)c1cccc(C(=O)Cl)n1. The quantitative estimate of drug-likeness (QED) is 0.531. The summed E-state index contributed by atoms with van der Waals surface area (Å²) in [6.45, 7) is 0. The molecule has 0 spiro atoms. The van der Waals surface area contributed by atoms with Gasteiger partial charge in [0.25, 0.3) is 5.24 Å². The van der Waals surface area contributed by atoms with E-state index in [0.29, 0.717) is 0 Å². The third kappa shape index (κ3) is 2.26. The van der Waals surface area contributed by atoms with Crippen molar-refractivity contribution >= 4 is 22.8 Å². The average molecular weight is 200 g/mol. The van der Waals surface area contributed by atoms with Gasteiger partial charge in [-0.05, 0) is 23.7 Å². The van der Waals surface area contributed by atoms with Gasteiger partial charge in [-0.1, -0.05) is 6.07 Å². The van der Waals surface area contributed by atoms with Crippen LogP contribution in [0.4, 0.5) is 0 Å². The molecule has 0 saturated heterocycles. The van der Waals surface area contributed by atoms with Gasteiger partial charge in [-0.25, -0.2) is 9.78 Å². The van der Waals surface area contributed by atoms with E-state index < -0.39 is 11.2 Å². The number of halogens is 1. The van der Waals surface area contributed by atoms with Crippen LogP contribution in [0.25, 0.3) is 0 Å². The zero-order chi connectivity index (χ0) is 9.84. The van der Waals surface area contributed by atoms with Crippen LogP contribution in [0, 0.1) is 0 Å². The molecule has 0 aliphatic rings. The van der Waals surface area contributed by atoms with Crippen molar-refractivity contribution in [3.8, 4) is 0 Å². The molecule has 0 aromatic carbocycles. The Labute approximate surface area is 79.5 Å². The van der Waals surface area contributed by atoms with E-state index in [-0.39, 0.29) is 11.4 Å². The fourth-order valence-electron chi connectivity index (χ4n) is 0.762. The van der Waals surface area contributed by atoms with Crippen LogP contribution in [-0.4, -0.2) is 23.3 Å². The van der Waals surface area contributed by atoms with E-state index >= 15 is 0 Å². The van der Waals surface area contributed by atoms with Crippen molar-refractivity contribution in [1.29, 1.82) is 0 Å². The topological polar surface area (TPSA) is 56.3 Å². The Balaban J connectivity index is 3.05. The van der Waals surface area contributed by atoms with Gasteiger partial charge < -0.3 is 4.74 Å². The lowest BCUT2D eigenvalue weighted by atomic mass is 10.3. The minimum Gasteiger partial charge on any atom is -0.464 e. The first-order chi connectivity index (χ1) is 6.15. The third-order valence-corrected chi connectivity index (χ3v) is 1.54. The molecular formula is C8H6ClNO3. The molecule has 4 nitrogen and oxygen atoms in total. The summed E-state index contributed by atoms with van der Waals surface area (Å²) < 4.78 is 4.42. The Kier molecular flexibility index (Phi) is 2.97. The molecule has 68 valence electrons. The van der Waals surface area contributed by atoms with Crippen molar-refractivity contribution in [3.63, 3.8) is 0 Å². The monoisotopic (exact) mass is 199 g/mol. The van der Waals surface area contributed by atoms with Crippen LogP contribution < -0.4 is 0 Å². The lowest BCUT2D eigenvalue weighted by Crippen LogP contribution is -2.06. The number of carbonyl (C=O) groups excluding carboxylic acids is 2. The highest BCUT2D eigenvalue weighted by Crippen LogP contribution is 2.03. The summed E-state index contributed by atoms with van der Waals surface area (Å²) in [5, 5.41) is -0.703. The average Bonchev–Trinajstić information content (AvgIpc) is 2.17. The van der Waals surface area contributed by atoms with Crippen molar-refractivity contribution in [2.75, 3.05) is 7.11 Å². The van der Waals surface area contributed by atoms with Crippen molar-refractivity contribution in [2.45, 2.75) is 0 Å². The van der Waals surface area contributed by atoms with Gasteiger partial charge >= 0.3 is 5.97 Å². The fourth-order valence-corrected chi connectivity index (χ4v) is 0.868. The molecule has 0 radical (unpaired) electrons.